The lowest BCUT2D eigenvalue weighted by Gasteiger charge is -2.32. The second-order valence-corrected chi connectivity index (χ2v) is 5.73. The van der Waals surface area contributed by atoms with Gasteiger partial charge in [-0.15, -0.1) is 12.4 Å². The Balaban J connectivity index is 0.00000192. The van der Waals surface area contributed by atoms with Gasteiger partial charge in [-0.05, 0) is 23.8 Å². The standard InChI is InChI=1S/C17H20F2N2O.ClH/c1-12-10-21(9-8-20-12)11-15-14-5-3-2-4-13(14)6-7-16(15)22-17(18)19;/h2-7,12,17,20H,8-11H2,1H3;1H. The molecule has 0 aromatic heterocycles. The van der Waals surface area contributed by atoms with Crippen molar-refractivity contribution in [2.45, 2.75) is 26.1 Å². The van der Waals surface area contributed by atoms with Crippen molar-refractivity contribution in [1.82, 2.24) is 10.2 Å². The molecule has 0 radical (unpaired) electrons. The average molecular weight is 343 g/mol. The predicted molar refractivity (Wildman–Crippen MR) is 90.6 cm³/mol. The highest BCUT2D eigenvalue weighted by molar-refractivity contribution is 5.87. The largest absolute Gasteiger partial charge is 0.434 e. The molecule has 1 heterocycles. The van der Waals surface area contributed by atoms with E-state index in [1.807, 2.05) is 30.3 Å². The van der Waals surface area contributed by atoms with E-state index in [2.05, 4.69) is 17.1 Å². The molecule has 2 aromatic carbocycles. The van der Waals surface area contributed by atoms with Crippen molar-refractivity contribution in [3.05, 3.63) is 42.0 Å². The summed E-state index contributed by atoms with van der Waals surface area (Å²) in [7, 11) is 0. The molecule has 1 aliphatic rings. The van der Waals surface area contributed by atoms with Crippen molar-refractivity contribution in [3.63, 3.8) is 0 Å². The number of alkyl halides is 2. The summed E-state index contributed by atoms with van der Waals surface area (Å²) in [5.41, 5.74) is 0.840. The van der Waals surface area contributed by atoms with E-state index in [1.54, 1.807) is 6.07 Å². The second kappa shape index (κ2) is 7.90. The van der Waals surface area contributed by atoms with E-state index in [0.29, 0.717) is 12.6 Å². The van der Waals surface area contributed by atoms with Crippen LogP contribution in [-0.2, 0) is 6.54 Å². The number of ether oxygens (including phenoxy) is 1. The topological polar surface area (TPSA) is 24.5 Å². The summed E-state index contributed by atoms with van der Waals surface area (Å²) in [4.78, 5) is 2.28. The minimum Gasteiger partial charge on any atom is -0.434 e. The van der Waals surface area contributed by atoms with Crippen LogP contribution < -0.4 is 10.1 Å². The van der Waals surface area contributed by atoms with E-state index in [1.165, 1.54) is 0 Å². The van der Waals surface area contributed by atoms with Gasteiger partial charge in [0.2, 0.25) is 0 Å². The molecule has 6 heteroatoms. The van der Waals surface area contributed by atoms with Crippen LogP contribution in [0.2, 0.25) is 0 Å². The SMILES string of the molecule is CC1CN(Cc2c(OC(F)F)ccc3ccccc23)CCN1.Cl. The van der Waals surface area contributed by atoms with E-state index < -0.39 is 6.61 Å². The van der Waals surface area contributed by atoms with Gasteiger partial charge in [0.1, 0.15) is 5.75 Å². The molecule has 1 N–H and O–H groups in total. The molecule has 0 amide bonds. The molecule has 3 nitrogen and oxygen atoms in total. The third kappa shape index (κ3) is 4.31. The van der Waals surface area contributed by atoms with Crippen LogP contribution in [-0.4, -0.2) is 37.2 Å². The molecule has 1 fully saturated rings. The molecule has 0 spiro atoms. The molecule has 3 rings (SSSR count). The Morgan fingerprint density at radius 3 is 2.78 bits per heavy atom. The molecule has 2 aromatic rings. The van der Waals surface area contributed by atoms with Crippen LogP contribution in [0.5, 0.6) is 5.75 Å². The smallest absolute Gasteiger partial charge is 0.387 e. The van der Waals surface area contributed by atoms with Gasteiger partial charge in [0, 0.05) is 37.8 Å². The molecule has 23 heavy (non-hydrogen) atoms. The second-order valence-electron chi connectivity index (χ2n) is 5.73. The fourth-order valence-corrected chi connectivity index (χ4v) is 3.06. The van der Waals surface area contributed by atoms with Gasteiger partial charge in [0.05, 0.1) is 0 Å². The summed E-state index contributed by atoms with van der Waals surface area (Å²) < 4.78 is 30.1. The molecular weight excluding hydrogens is 322 g/mol. The van der Waals surface area contributed by atoms with Crippen molar-refractivity contribution in [2.24, 2.45) is 0 Å². The number of nitrogens with one attached hydrogen (secondary N) is 1. The Morgan fingerprint density at radius 1 is 1.26 bits per heavy atom. The highest BCUT2D eigenvalue weighted by Crippen LogP contribution is 2.30. The van der Waals surface area contributed by atoms with Crippen LogP contribution >= 0.6 is 12.4 Å². The predicted octanol–water partition coefficient (Wildman–Crippen LogP) is 3.66. The molecule has 0 saturated carbocycles. The van der Waals surface area contributed by atoms with Gasteiger partial charge in [-0.25, -0.2) is 0 Å². The van der Waals surface area contributed by atoms with E-state index in [-0.39, 0.29) is 18.2 Å². The number of hydrogen-bond acceptors (Lipinski definition) is 3. The lowest BCUT2D eigenvalue weighted by molar-refractivity contribution is -0.0507. The first kappa shape index (κ1) is 17.9. The van der Waals surface area contributed by atoms with E-state index in [4.69, 9.17) is 4.74 Å². The molecular formula is C17H21ClF2N2O. The first-order valence-electron chi connectivity index (χ1n) is 7.54. The van der Waals surface area contributed by atoms with Crippen molar-refractivity contribution < 1.29 is 13.5 Å². The average Bonchev–Trinajstić information content (AvgIpc) is 2.49. The molecule has 1 atom stereocenters. The van der Waals surface area contributed by atoms with Gasteiger partial charge in [-0.3, -0.25) is 4.90 Å². The van der Waals surface area contributed by atoms with Crippen molar-refractivity contribution in [3.8, 4) is 5.75 Å². The lowest BCUT2D eigenvalue weighted by atomic mass is 10.0. The number of nitrogens with zero attached hydrogens (tertiary/aromatic N) is 1. The van der Waals surface area contributed by atoms with Gasteiger partial charge in [0.15, 0.2) is 0 Å². The quantitative estimate of drug-likeness (QED) is 0.917. The van der Waals surface area contributed by atoms with Crippen molar-refractivity contribution in [1.29, 1.82) is 0 Å². The number of fused-ring (bicyclic) bond motifs is 1. The number of hydrogen-bond donors (Lipinski definition) is 1. The Bertz CT molecular complexity index is 654. The highest BCUT2D eigenvalue weighted by Gasteiger charge is 2.19. The van der Waals surface area contributed by atoms with Crippen LogP contribution in [0.3, 0.4) is 0 Å². The fraction of sp³-hybridized carbons (Fsp3) is 0.412. The first-order valence-corrected chi connectivity index (χ1v) is 7.54. The summed E-state index contributed by atoms with van der Waals surface area (Å²) in [6.07, 6.45) is 0. The Kier molecular flexibility index (Phi) is 6.16. The zero-order valence-corrected chi connectivity index (χ0v) is 13.8. The molecule has 1 aliphatic heterocycles. The molecule has 126 valence electrons. The van der Waals surface area contributed by atoms with Crippen molar-refractivity contribution >= 4 is 23.2 Å². The highest BCUT2D eigenvalue weighted by atomic mass is 35.5. The van der Waals surface area contributed by atoms with E-state index >= 15 is 0 Å². The summed E-state index contributed by atoms with van der Waals surface area (Å²) in [6, 6.07) is 11.7. The zero-order chi connectivity index (χ0) is 15.5. The van der Waals surface area contributed by atoms with Crippen molar-refractivity contribution in [2.75, 3.05) is 19.6 Å². The fourth-order valence-electron chi connectivity index (χ4n) is 3.06. The summed E-state index contributed by atoms with van der Waals surface area (Å²) in [5.74, 6) is 0.278. The molecule has 0 bridgehead atoms. The summed E-state index contributed by atoms with van der Waals surface area (Å²) in [6.45, 7) is 2.67. The third-order valence-corrected chi connectivity index (χ3v) is 4.05. The van der Waals surface area contributed by atoms with Gasteiger partial charge in [0.25, 0.3) is 0 Å². The third-order valence-electron chi connectivity index (χ3n) is 4.05. The normalized spacial score (nSPS) is 18.9. The number of halogens is 3. The van der Waals surface area contributed by atoms with Gasteiger partial charge >= 0.3 is 6.61 Å². The maximum absolute atomic E-state index is 12.7. The molecule has 1 saturated heterocycles. The van der Waals surface area contributed by atoms with Gasteiger partial charge < -0.3 is 10.1 Å². The van der Waals surface area contributed by atoms with E-state index in [0.717, 1.165) is 36.0 Å². The minimum absolute atomic E-state index is 0. The van der Waals surface area contributed by atoms with Crippen LogP contribution in [0, 0.1) is 0 Å². The molecule has 1 unspecified atom stereocenters. The van der Waals surface area contributed by atoms with Gasteiger partial charge in [-0.1, -0.05) is 30.3 Å². The Morgan fingerprint density at radius 2 is 2.04 bits per heavy atom. The Labute approximate surface area is 141 Å². The van der Waals surface area contributed by atoms with Crippen LogP contribution in [0.4, 0.5) is 8.78 Å². The maximum Gasteiger partial charge on any atom is 0.387 e. The van der Waals surface area contributed by atoms with Crippen LogP contribution in [0.25, 0.3) is 10.8 Å². The number of rotatable bonds is 4. The Hall–Kier alpha value is -1.43. The molecule has 0 aliphatic carbocycles. The van der Waals surface area contributed by atoms with Gasteiger partial charge in [-0.2, -0.15) is 8.78 Å². The van der Waals surface area contributed by atoms with E-state index in [9.17, 15) is 8.78 Å². The first-order chi connectivity index (χ1) is 10.6. The number of piperazine rings is 1. The summed E-state index contributed by atoms with van der Waals surface area (Å²) >= 11 is 0. The van der Waals surface area contributed by atoms with Crippen LogP contribution in [0.1, 0.15) is 12.5 Å². The van der Waals surface area contributed by atoms with Crippen LogP contribution in [0.15, 0.2) is 36.4 Å². The minimum atomic E-state index is -2.80. The zero-order valence-electron chi connectivity index (χ0n) is 13.0. The summed E-state index contributed by atoms with van der Waals surface area (Å²) in [5, 5.41) is 5.41. The lowest BCUT2D eigenvalue weighted by Crippen LogP contribution is -2.48. The number of benzene rings is 2. The maximum atomic E-state index is 12.7. The monoisotopic (exact) mass is 342 g/mol.